The third kappa shape index (κ3) is 2.38. The van der Waals surface area contributed by atoms with Gasteiger partial charge in [-0.15, -0.1) is 0 Å². The summed E-state index contributed by atoms with van der Waals surface area (Å²) < 4.78 is 6.67. The maximum Gasteiger partial charge on any atom is 0.267 e. The first-order valence-corrected chi connectivity index (χ1v) is 7.85. The molecule has 7 heteroatoms. The lowest BCUT2D eigenvalue weighted by atomic mass is 10.1. The van der Waals surface area contributed by atoms with Crippen LogP contribution in [-0.4, -0.2) is 19.8 Å². The zero-order chi connectivity index (χ0) is 17.6. The molecule has 0 unspecified atom stereocenters. The third-order valence-corrected chi connectivity index (χ3v) is 4.36. The SMILES string of the molecule is Cn1c(=O)c(-c2nc(-c3ccccc3Cl)no2)c(O)c2ccccc21. The summed E-state index contributed by atoms with van der Waals surface area (Å²) in [7, 11) is 1.62. The molecule has 6 nitrogen and oxygen atoms in total. The first-order valence-electron chi connectivity index (χ1n) is 7.47. The lowest BCUT2D eigenvalue weighted by Gasteiger charge is -2.09. The van der Waals surface area contributed by atoms with Crippen molar-refractivity contribution in [1.82, 2.24) is 14.7 Å². The van der Waals surface area contributed by atoms with E-state index in [1.54, 1.807) is 55.6 Å². The number of hydrogen-bond donors (Lipinski definition) is 1. The van der Waals surface area contributed by atoms with E-state index in [-0.39, 0.29) is 23.0 Å². The number of aromatic nitrogens is 3. The van der Waals surface area contributed by atoms with Crippen LogP contribution in [-0.2, 0) is 7.05 Å². The zero-order valence-corrected chi connectivity index (χ0v) is 13.9. The number of aryl methyl sites for hydroxylation is 1. The third-order valence-electron chi connectivity index (χ3n) is 4.03. The topological polar surface area (TPSA) is 81.2 Å². The molecule has 0 fully saturated rings. The highest BCUT2D eigenvalue weighted by Crippen LogP contribution is 2.33. The Labute approximate surface area is 146 Å². The number of aromatic hydroxyl groups is 1. The molecule has 0 bridgehead atoms. The molecule has 0 spiro atoms. The number of hydrogen-bond acceptors (Lipinski definition) is 5. The minimum Gasteiger partial charge on any atom is -0.506 e. The number of fused-ring (bicyclic) bond motifs is 1. The molecule has 0 radical (unpaired) electrons. The second-order valence-corrected chi connectivity index (χ2v) is 5.92. The molecule has 25 heavy (non-hydrogen) atoms. The van der Waals surface area contributed by atoms with E-state index in [0.717, 1.165) is 0 Å². The number of para-hydroxylation sites is 1. The van der Waals surface area contributed by atoms with Gasteiger partial charge in [-0.25, -0.2) is 0 Å². The summed E-state index contributed by atoms with van der Waals surface area (Å²) in [6.07, 6.45) is 0. The van der Waals surface area contributed by atoms with Crippen LogP contribution in [0.5, 0.6) is 5.75 Å². The van der Waals surface area contributed by atoms with Gasteiger partial charge in [-0.3, -0.25) is 4.79 Å². The Morgan fingerprint density at radius 2 is 1.84 bits per heavy atom. The van der Waals surface area contributed by atoms with Crippen LogP contribution in [0.25, 0.3) is 33.7 Å². The Bertz CT molecular complexity index is 1160. The Balaban J connectivity index is 1.95. The number of pyridine rings is 1. The van der Waals surface area contributed by atoms with E-state index in [2.05, 4.69) is 10.1 Å². The number of benzene rings is 2. The van der Waals surface area contributed by atoms with E-state index in [0.29, 0.717) is 21.5 Å². The van der Waals surface area contributed by atoms with Gasteiger partial charge in [-0.2, -0.15) is 4.98 Å². The van der Waals surface area contributed by atoms with E-state index in [1.165, 1.54) is 4.57 Å². The van der Waals surface area contributed by atoms with Crippen molar-refractivity contribution in [2.45, 2.75) is 0 Å². The molecule has 0 amide bonds. The van der Waals surface area contributed by atoms with Crippen LogP contribution in [0.3, 0.4) is 0 Å². The molecule has 0 atom stereocenters. The van der Waals surface area contributed by atoms with Crippen molar-refractivity contribution in [2.24, 2.45) is 7.05 Å². The van der Waals surface area contributed by atoms with Crippen molar-refractivity contribution >= 4 is 22.5 Å². The standard InChI is InChI=1S/C18H12ClN3O3/c1-22-13-9-5-3-7-11(13)15(23)14(18(22)24)17-20-16(21-25-17)10-6-2-4-8-12(10)19/h2-9,23H,1H3. The van der Waals surface area contributed by atoms with Crippen LogP contribution in [0.1, 0.15) is 0 Å². The predicted octanol–water partition coefficient (Wildman–Crippen LogP) is 3.61. The predicted molar refractivity (Wildman–Crippen MR) is 94.6 cm³/mol. The summed E-state index contributed by atoms with van der Waals surface area (Å²) in [6.45, 7) is 0. The number of halogens is 1. The van der Waals surface area contributed by atoms with Crippen LogP contribution in [0.15, 0.2) is 57.8 Å². The van der Waals surface area contributed by atoms with Crippen molar-refractivity contribution in [2.75, 3.05) is 0 Å². The summed E-state index contributed by atoms with van der Waals surface area (Å²) in [6, 6.07) is 14.1. The molecule has 0 aliphatic heterocycles. The van der Waals surface area contributed by atoms with Crippen LogP contribution in [0, 0.1) is 0 Å². The molecule has 2 aromatic heterocycles. The highest BCUT2D eigenvalue weighted by atomic mass is 35.5. The van der Waals surface area contributed by atoms with Gasteiger partial charge in [-0.1, -0.05) is 41.0 Å². The summed E-state index contributed by atoms with van der Waals surface area (Å²) in [5.74, 6) is 0.00189. The van der Waals surface area contributed by atoms with Gasteiger partial charge in [0.15, 0.2) is 0 Å². The lowest BCUT2D eigenvalue weighted by molar-refractivity contribution is 0.425. The molecule has 2 aromatic carbocycles. The van der Waals surface area contributed by atoms with E-state index in [1.807, 2.05) is 0 Å². The smallest absolute Gasteiger partial charge is 0.267 e. The average molecular weight is 354 g/mol. The van der Waals surface area contributed by atoms with E-state index in [9.17, 15) is 9.90 Å². The first-order chi connectivity index (χ1) is 12.1. The van der Waals surface area contributed by atoms with Gasteiger partial charge in [0.2, 0.25) is 5.82 Å². The van der Waals surface area contributed by atoms with Crippen LogP contribution >= 0.6 is 11.6 Å². The van der Waals surface area contributed by atoms with Crippen LogP contribution in [0.4, 0.5) is 0 Å². The molecule has 1 N–H and O–H groups in total. The molecule has 0 aliphatic rings. The van der Waals surface area contributed by atoms with Gasteiger partial charge in [0.25, 0.3) is 11.4 Å². The molecule has 0 saturated carbocycles. The highest BCUT2D eigenvalue weighted by Gasteiger charge is 2.22. The number of nitrogens with zero attached hydrogens (tertiary/aromatic N) is 3. The largest absolute Gasteiger partial charge is 0.506 e. The average Bonchev–Trinajstić information content (AvgIpc) is 3.10. The second kappa shape index (κ2) is 5.75. The minimum atomic E-state index is -0.425. The Morgan fingerprint density at radius 3 is 2.64 bits per heavy atom. The van der Waals surface area contributed by atoms with Gasteiger partial charge in [0.05, 0.1) is 10.5 Å². The van der Waals surface area contributed by atoms with Crippen molar-refractivity contribution in [3.63, 3.8) is 0 Å². The Hall–Kier alpha value is -3.12. The van der Waals surface area contributed by atoms with Crippen molar-refractivity contribution < 1.29 is 9.63 Å². The molecule has 4 aromatic rings. The second-order valence-electron chi connectivity index (χ2n) is 5.51. The summed E-state index contributed by atoms with van der Waals surface area (Å²) in [5, 5.41) is 15.4. The van der Waals surface area contributed by atoms with Gasteiger partial charge < -0.3 is 14.2 Å². The monoisotopic (exact) mass is 353 g/mol. The van der Waals surface area contributed by atoms with Crippen LogP contribution < -0.4 is 5.56 Å². The summed E-state index contributed by atoms with van der Waals surface area (Å²) >= 11 is 6.14. The number of rotatable bonds is 2. The Kier molecular flexibility index (Phi) is 3.54. The van der Waals surface area contributed by atoms with Gasteiger partial charge in [-0.05, 0) is 24.3 Å². The fraction of sp³-hybridized carbons (Fsp3) is 0.0556. The normalized spacial score (nSPS) is 11.1. The molecule has 0 aliphatic carbocycles. The molecule has 2 heterocycles. The minimum absolute atomic E-state index is 0.0352. The van der Waals surface area contributed by atoms with Gasteiger partial charge in [0.1, 0.15) is 11.3 Å². The van der Waals surface area contributed by atoms with Crippen molar-refractivity contribution in [1.29, 1.82) is 0 Å². The van der Waals surface area contributed by atoms with Crippen molar-refractivity contribution in [3.05, 3.63) is 63.9 Å². The van der Waals surface area contributed by atoms with Crippen molar-refractivity contribution in [3.8, 4) is 28.6 Å². The fourth-order valence-electron chi connectivity index (χ4n) is 2.75. The molecular formula is C18H12ClN3O3. The first kappa shape index (κ1) is 15.4. The maximum atomic E-state index is 12.7. The quantitative estimate of drug-likeness (QED) is 0.595. The maximum absolute atomic E-state index is 12.7. The Morgan fingerprint density at radius 1 is 1.12 bits per heavy atom. The molecular weight excluding hydrogens is 342 g/mol. The molecule has 4 rings (SSSR count). The van der Waals surface area contributed by atoms with E-state index >= 15 is 0 Å². The lowest BCUT2D eigenvalue weighted by Crippen LogP contribution is -2.19. The zero-order valence-electron chi connectivity index (χ0n) is 13.1. The summed E-state index contributed by atoms with van der Waals surface area (Å²) in [4.78, 5) is 16.9. The molecule has 0 saturated heterocycles. The molecule has 124 valence electrons. The fourth-order valence-corrected chi connectivity index (χ4v) is 2.97. The van der Waals surface area contributed by atoms with Crippen LogP contribution in [0.2, 0.25) is 5.02 Å². The highest BCUT2D eigenvalue weighted by molar-refractivity contribution is 6.33. The van der Waals surface area contributed by atoms with E-state index < -0.39 is 5.56 Å². The van der Waals surface area contributed by atoms with Gasteiger partial charge in [0, 0.05) is 18.0 Å². The van der Waals surface area contributed by atoms with Gasteiger partial charge >= 0.3 is 0 Å². The summed E-state index contributed by atoms with van der Waals surface area (Å²) in [5.41, 5.74) is 0.730. The van der Waals surface area contributed by atoms with E-state index in [4.69, 9.17) is 16.1 Å².